The molecule has 0 radical (unpaired) electrons. The zero-order chi connectivity index (χ0) is 12.8. The third-order valence-corrected chi connectivity index (χ3v) is 2.95. The van der Waals surface area contributed by atoms with Gasteiger partial charge in [0, 0.05) is 24.5 Å². The lowest BCUT2D eigenvalue weighted by Crippen LogP contribution is -2.30. The molecule has 3 N–H and O–H groups in total. The Hall–Kier alpha value is -1.78. The van der Waals surface area contributed by atoms with E-state index in [1.807, 2.05) is 30.5 Å². The van der Waals surface area contributed by atoms with E-state index < -0.39 is 0 Å². The SMILES string of the molecule is CCc1ccc(CC(NN)c2ccccn2)nc1. The van der Waals surface area contributed by atoms with E-state index in [1.165, 1.54) is 5.56 Å². The second-order valence-corrected chi connectivity index (χ2v) is 4.19. The minimum absolute atomic E-state index is 0.00817. The normalized spacial score (nSPS) is 12.3. The molecule has 1 unspecified atom stereocenters. The van der Waals surface area contributed by atoms with E-state index in [4.69, 9.17) is 5.84 Å². The maximum Gasteiger partial charge on any atom is 0.0687 e. The van der Waals surface area contributed by atoms with Crippen molar-refractivity contribution in [3.8, 4) is 0 Å². The maximum atomic E-state index is 5.59. The summed E-state index contributed by atoms with van der Waals surface area (Å²) in [5, 5.41) is 0. The van der Waals surface area contributed by atoms with Gasteiger partial charge in [0.15, 0.2) is 0 Å². The molecule has 0 aliphatic heterocycles. The van der Waals surface area contributed by atoms with Crippen molar-refractivity contribution in [3.63, 3.8) is 0 Å². The van der Waals surface area contributed by atoms with Crippen LogP contribution in [0.5, 0.6) is 0 Å². The van der Waals surface area contributed by atoms with Gasteiger partial charge < -0.3 is 0 Å². The molecule has 18 heavy (non-hydrogen) atoms. The number of nitrogens with one attached hydrogen (secondary N) is 1. The van der Waals surface area contributed by atoms with Gasteiger partial charge in [-0.2, -0.15) is 0 Å². The Labute approximate surface area is 107 Å². The molecule has 0 spiro atoms. The Balaban J connectivity index is 2.10. The fraction of sp³-hybridized carbons (Fsp3) is 0.286. The van der Waals surface area contributed by atoms with E-state index >= 15 is 0 Å². The van der Waals surface area contributed by atoms with Crippen LogP contribution in [0.1, 0.15) is 29.9 Å². The van der Waals surface area contributed by atoms with Gasteiger partial charge in [0.25, 0.3) is 0 Å². The second-order valence-electron chi connectivity index (χ2n) is 4.19. The third kappa shape index (κ3) is 3.12. The molecular weight excluding hydrogens is 224 g/mol. The summed E-state index contributed by atoms with van der Waals surface area (Å²) in [4.78, 5) is 8.75. The van der Waals surface area contributed by atoms with Gasteiger partial charge in [-0.3, -0.25) is 21.2 Å². The quantitative estimate of drug-likeness (QED) is 0.619. The maximum absolute atomic E-state index is 5.59. The monoisotopic (exact) mass is 242 g/mol. The number of hydrogen-bond donors (Lipinski definition) is 2. The van der Waals surface area contributed by atoms with Crippen LogP contribution in [0.2, 0.25) is 0 Å². The molecule has 2 rings (SSSR count). The van der Waals surface area contributed by atoms with Gasteiger partial charge >= 0.3 is 0 Å². The summed E-state index contributed by atoms with van der Waals surface area (Å²) in [5.74, 6) is 5.59. The molecule has 4 nitrogen and oxygen atoms in total. The van der Waals surface area contributed by atoms with Crippen LogP contribution < -0.4 is 11.3 Å². The molecule has 0 bridgehead atoms. The van der Waals surface area contributed by atoms with Crippen molar-refractivity contribution < 1.29 is 0 Å². The number of rotatable bonds is 5. The molecule has 94 valence electrons. The summed E-state index contributed by atoms with van der Waals surface area (Å²) < 4.78 is 0. The molecular formula is C14H18N4. The van der Waals surface area contributed by atoms with E-state index in [-0.39, 0.29) is 6.04 Å². The minimum atomic E-state index is -0.00817. The first-order chi connectivity index (χ1) is 8.83. The molecule has 0 saturated carbocycles. The van der Waals surface area contributed by atoms with Crippen LogP contribution in [0.25, 0.3) is 0 Å². The fourth-order valence-corrected chi connectivity index (χ4v) is 1.83. The average Bonchev–Trinajstić information content (AvgIpc) is 2.46. The van der Waals surface area contributed by atoms with Crippen LogP contribution in [0.15, 0.2) is 42.7 Å². The number of hydrazine groups is 1. The van der Waals surface area contributed by atoms with Gasteiger partial charge in [0.1, 0.15) is 0 Å². The first-order valence-electron chi connectivity index (χ1n) is 6.14. The van der Waals surface area contributed by atoms with Crippen LogP contribution in [0, 0.1) is 0 Å². The molecule has 0 aromatic carbocycles. The van der Waals surface area contributed by atoms with Gasteiger partial charge in [-0.05, 0) is 30.2 Å². The first kappa shape index (κ1) is 12.7. The molecule has 2 aromatic heterocycles. The Kier molecular flexibility index (Phi) is 4.39. The zero-order valence-corrected chi connectivity index (χ0v) is 10.5. The number of nitrogens with zero attached hydrogens (tertiary/aromatic N) is 2. The van der Waals surface area contributed by atoms with Crippen molar-refractivity contribution in [1.29, 1.82) is 0 Å². The number of aryl methyl sites for hydroxylation is 1. The van der Waals surface area contributed by atoms with Crippen molar-refractivity contribution in [3.05, 3.63) is 59.7 Å². The summed E-state index contributed by atoms with van der Waals surface area (Å²) in [5.41, 5.74) is 5.98. The topological polar surface area (TPSA) is 63.8 Å². The predicted molar refractivity (Wildman–Crippen MR) is 71.6 cm³/mol. The van der Waals surface area contributed by atoms with Crippen LogP contribution in [-0.2, 0) is 12.8 Å². The molecule has 2 aromatic rings. The summed E-state index contributed by atoms with van der Waals surface area (Å²) in [6.45, 7) is 2.12. The molecule has 4 heteroatoms. The number of pyridine rings is 2. The lowest BCUT2D eigenvalue weighted by molar-refractivity contribution is 0.532. The predicted octanol–water partition coefficient (Wildman–Crippen LogP) is 1.79. The first-order valence-corrected chi connectivity index (χ1v) is 6.14. The summed E-state index contributed by atoms with van der Waals surface area (Å²) in [6, 6.07) is 9.96. The van der Waals surface area contributed by atoms with Crippen molar-refractivity contribution in [2.24, 2.45) is 5.84 Å². The highest BCUT2D eigenvalue weighted by Gasteiger charge is 2.12. The summed E-state index contributed by atoms with van der Waals surface area (Å²) >= 11 is 0. The van der Waals surface area contributed by atoms with Crippen molar-refractivity contribution in [1.82, 2.24) is 15.4 Å². The average molecular weight is 242 g/mol. The molecule has 0 aliphatic carbocycles. The van der Waals surface area contributed by atoms with Crippen LogP contribution >= 0.6 is 0 Å². The highest BCUT2D eigenvalue weighted by Crippen LogP contribution is 2.14. The smallest absolute Gasteiger partial charge is 0.0687 e. The number of hydrogen-bond acceptors (Lipinski definition) is 4. The molecule has 0 aliphatic rings. The van der Waals surface area contributed by atoms with Crippen molar-refractivity contribution >= 4 is 0 Å². The number of nitrogens with two attached hydrogens (primary N) is 1. The van der Waals surface area contributed by atoms with Crippen molar-refractivity contribution in [2.75, 3.05) is 0 Å². The Morgan fingerprint density at radius 2 is 2.11 bits per heavy atom. The third-order valence-electron chi connectivity index (χ3n) is 2.95. The molecule has 0 fully saturated rings. The Morgan fingerprint density at radius 1 is 1.22 bits per heavy atom. The van der Waals surface area contributed by atoms with E-state index in [0.717, 1.165) is 24.2 Å². The highest BCUT2D eigenvalue weighted by atomic mass is 15.2. The Bertz CT molecular complexity index is 467. The molecule has 0 amide bonds. The summed E-state index contributed by atoms with van der Waals surface area (Å²) in [6.07, 6.45) is 5.43. The van der Waals surface area contributed by atoms with E-state index in [2.05, 4.69) is 28.4 Å². The number of aromatic nitrogens is 2. The standard InChI is InChI=1S/C14H18N4/c1-2-11-6-7-12(17-10-11)9-14(18-15)13-5-3-4-8-16-13/h3-8,10,14,18H,2,9,15H2,1H3. The van der Waals surface area contributed by atoms with E-state index in [0.29, 0.717) is 0 Å². The van der Waals surface area contributed by atoms with Crippen LogP contribution in [-0.4, -0.2) is 9.97 Å². The minimum Gasteiger partial charge on any atom is -0.271 e. The zero-order valence-electron chi connectivity index (χ0n) is 10.5. The highest BCUT2D eigenvalue weighted by molar-refractivity contribution is 5.17. The van der Waals surface area contributed by atoms with Gasteiger partial charge in [0.2, 0.25) is 0 Å². The molecule has 0 saturated heterocycles. The van der Waals surface area contributed by atoms with Gasteiger partial charge in [-0.25, -0.2) is 0 Å². The van der Waals surface area contributed by atoms with Crippen LogP contribution in [0.4, 0.5) is 0 Å². The van der Waals surface area contributed by atoms with Gasteiger partial charge in [0.05, 0.1) is 11.7 Å². The fourth-order valence-electron chi connectivity index (χ4n) is 1.83. The van der Waals surface area contributed by atoms with Gasteiger partial charge in [-0.15, -0.1) is 0 Å². The second kappa shape index (κ2) is 6.23. The summed E-state index contributed by atoms with van der Waals surface area (Å²) in [7, 11) is 0. The lowest BCUT2D eigenvalue weighted by Gasteiger charge is -2.14. The van der Waals surface area contributed by atoms with E-state index in [9.17, 15) is 0 Å². The molecule has 2 heterocycles. The Morgan fingerprint density at radius 3 is 2.67 bits per heavy atom. The largest absolute Gasteiger partial charge is 0.271 e. The lowest BCUT2D eigenvalue weighted by atomic mass is 10.1. The van der Waals surface area contributed by atoms with Crippen LogP contribution in [0.3, 0.4) is 0 Å². The van der Waals surface area contributed by atoms with Gasteiger partial charge in [-0.1, -0.05) is 19.1 Å². The molecule has 1 atom stereocenters. The van der Waals surface area contributed by atoms with E-state index in [1.54, 1.807) is 6.20 Å². The van der Waals surface area contributed by atoms with Crippen molar-refractivity contribution in [2.45, 2.75) is 25.8 Å².